The summed E-state index contributed by atoms with van der Waals surface area (Å²) in [6, 6.07) is 24.0. The number of nitrogens with one attached hydrogen (secondary N) is 2. The van der Waals surface area contributed by atoms with Crippen LogP contribution in [0.15, 0.2) is 96.1 Å². The van der Waals surface area contributed by atoms with Crippen molar-refractivity contribution < 1.29 is 19.1 Å². The molecule has 0 saturated carbocycles. The average molecular weight is 599 g/mol. The Balaban J connectivity index is 1.52. The van der Waals surface area contributed by atoms with Gasteiger partial charge in [0.25, 0.3) is 0 Å². The summed E-state index contributed by atoms with van der Waals surface area (Å²) < 4.78 is 11.1. The van der Waals surface area contributed by atoms with Gasteiger partial charge in [-0.15, -0.1) is 0 Å². The first-order valence-electron chi connectivity index (χ1n) is 11.2. The first-order valence-corrected chi connectivity index (χ1v) is 12.8. The number of rotatable bonds is 7. The molecule has 0 aliphatic carbocycles. The van der Waals surface area contributed by atoms with Crippen LogP contribution in [0.4, 0.5) is 5.69 Å². The number of halogens is 3. The molecule has 0 aliphatic heterocycles. The molecule has 4 rings (SSSR count). The van der Waals surface area contributed by atoms with Crippen molar-refractivity contribution in [3.8, 4) is 11.5 Å². The molecule has 0 unspecified atom stereocenters. The smallest absolute Gasteiger partial charge is 0.343 e. The molecule has 0 atom stereocenters. The minimum atomic E-state index is -0.645. The van der Waals surface area contributed by atoms with Crippen molar-refractivity contribution in [2.24, 2.45) is 5.10 Å². The van der Waals surface area contributed by atoms with E-state index in [1.165, 1.54) is 30.5 Å². The predicted molar refractivity (Wildman–Crippen MR) is 158 cm³/mol. The third kappa shape index (κ3) is 8.27. The van der Waals surface area contributed by atoms with Crippen LogP contribution in [-0.2, 0) is 0 Å². The van der Waals surface area contributed by atoms with E-state index in [4.69, 9.17) is 56.5 Å². The summed E-state index contributed by atoms with van der Waals surface area (Å²) in [5.74, 6) is -1.01. The molecule has 0 heterocycles. The Kier molecular flexibility index (Phi) is 9.51. The third-order valence-corrected chi connectivity index (χ3v) is 5.94. The number of thiocarbonyl (C=S) groups is 1. The van der Waals surface area contributed by atoms with Crippen LogP contribution >= 0.6 is 47.0 Å². The zero-order valence-electron chi connectivity index (χ0n) is 19.9. The van der Waals surface area contributed by atoms with Crippen LogP contribution in [0.5, 0.6) is 11.5 Å². The number of anilines is 1. The lowest BCUT2D eigenvalue weighted by molar-refractivity contribution is 0.0732. The summed E-state index contributed by atoms with van der Waals surface area (Å²) in [6.07, 6.45) is 1.40. The highest BCUT2D eigenvalue weighted by Gasteiger charge is 2.15. The van der Waals surface area contributed by atoms with Gasteiger partial charge in [0.05, 0.1) is 17.3 Å². The zero-order chi connectivity index (χ0) is 27.8. The molecule has 2 N–H and O–H groups in total. The minimum absolute atomic E-state index is 0.0932. The fourth-order valence-electron chi connectivity index (χ4n) is 3.16. The number of ether oxygens (including phenoxy) is 2. The maximum absolute atomic E-state index is 12.8. The summed E-state index contributed by atoms with van der Waals surface area (Å²) in [4.78, 5) is 25.4. The zero-order valence-corrected chi connectivity index (χ0v) is 22.9. The maximum Gasteiger partial charge on any atom is 0.343 e. The van der Waals surface area contributed by atoms with Crippen molar-refractivity contribution in [1.82, 2.24) is 5.43 Å². The molecule has 4 aromatic rings. The quantitative estimate of drug-likeness (QED) is 0.0753. The Bertz CT molecular complexity index is 1540. The number of benzene rings is 4. The molecule has 39 heavy (non-hydrogen) atoms. The van der Waals surface area contributed by atoms with E-state index in [-0.39, 0.29) is 22.2 Å². The minimum Gasteiger partial charge on any atom is -0.423 e. The number of hydrogen-bond donors (Lipinski definition) is 2. The molecule has 0 aromatic heterocycles. The van der Waals surface area contributed by atoms with Gasteiger partial charge in [-0.2, -0.15) is 5.10 Å². The third-order valence-electron chi connectivity index (χ3n) is 5.01. The van der Waals surface area contributed by atoms with Crippen LogP contribution < -0.4 is 20.2 Å². The van der Waals surface area contributed by atoms with Gasteiger partial charge in [-0.05, 0) is 91.1 Å². The van der Waals surface area contributed by atoms with Crippen molar-refractivity contribution in [3.63, 3.8) is 0 Å². The molecule has 0 spiro atoms. The molecule has 0 saturated heterocycles. The molecule has 0 fully saturated rings. The van der Waals surface area contributed by atoms with E-state index >= 15 is 0 Å². The molecule has 0 aliphatic rings. The Labute approximate surface area is 244 Å². The summed E-state index contributed by atoms with van der Waals surface area (Å²) in [5, 5.41) is 8.80. The number of esters is 2. The molecule has 0 amide bonds. The standard InChI is InChI=1S/C28H18Cl3N3O4S/c29-20-9-4-17(5-10-20)26(35)37-24-13-8-19(16-32-34-28(39)33-23-3-1-2-22(31)14-23)25(15-24)38-27(36)18-6-11-21(30)12-7-18/h1-16H,(H2,33,34,39)/b32-16+. The van der Waals surface area contributed by atoms with Crippen LogP contribution in [0.3, 0.4) is 0 Å². The van der Waals surface area contributed by atoms with Gasteiger partial charge in [-0.3, -0.25) is 5.43 Å². The molecule has 0 radical (unpaired) electrons. The van der Waals surface area contributed by atoms with Gasteiger partial charge in [0.2, 0.25) is 0 Å². The Morgan fingerprint density at radius 2 is 1.36 bits per heavy atom. The van der Waals surface area contributed by atoms with Gasteiger partial charge < -0.3 is 14.8 Å². The number of nitrogens with zero attached hydrogens (tertiary/aromatic N) is 1. The number of carbonyl (C=O) groups is 2. The topological polar surface area (TPSA) is 89.0 Å². The van der Waals surface area contributed by atoms with E-state index in [1.807, 2.05) is 0 Å². The van der Waals surface area contributed by atoms with E-state index in [2.05, 4.69) is 15.8 Å². The van der Waals surface area contributed by atoms with Gasteiger partial charge in [0.15, 0.2) is 5.11 Å². The van der Waals surface area contributed by atoms with Gasteiger partial charge in [-0.25, -0.2) is 9.59 Å². The van der Waals surface area contributed by atoms with Crippen molar-refractivity contribution in [3.05, 3.63) is 123 Å². The van der Waals surface area contributed by atoms with Gasteiger partial charge in [0, 0.05) is 32.4 Å². The molecule has 7 nitrogen and oxygen atoms in total. The summed E-state index contributed by atoms with van der Waals surface area (Å²) in [6.45, 7) is 0. The van der Waals surface area contributed by atoms with E-state index in [9.17, 15) is 9.59 Å². The second kappa shape index (κ2) is 13.2. The highest BCUT2D eigenvalue weighted by Crippen LogP contribution is 2.26. The molecule has 196 valence electrons. The van der Waals surface area contributed by atoms with Crippen molar-refractivity contribution >= 4 is 76.0 Å². The summed E-state index contributed by atoms with van der Waals surface area (Å²) in [7, 11) is 0. The summed E-state index contributed by atoms with van der Waals surface area (Å²) >= 11 is 23.0. The lowest BCUT2D eigenvalue weighted by Crippen LogP contribution is -2.23. The maximum atomic E-state index is 12.8. The normalized spacial score (nSPS) is 10.6. The summed E-state index contributed by atoms with van der Waals surface area (Å²) in [5.41, 5.74) is 4.34. The predicted octanol–water partition coefficient (Wildman–Crippen LogP) is 7.41. The van der Waals surface area contributed by atoms with Crippen molar-refractivity contribution in [1.29, 1.82) is 0 Å². The first kappa shape index (κ1) is 28.1. The van der Waals surface area contributed by atoms with Gasteiger partial charge in [-0.1, -0.05) is 40.9 Å². The second-order valence-corrected chi connectivity index (χ2v) is 9.54. The highest BCUT2D eigenvalue weighted by atomic mass is 35.5. The fraction of sp³-hybridized carbons (Fsp3) is 0. The Hall–Kier alpha value is -3.95. The molecule has 11 heteroatoms. The van der Waals surface area contributed by atoms with Crippen LogP contribution in [0, 0.1) is 0 Å². The van der Waals surface area contributed by atoms with Crippen molar-refractivity contribution in [2.45, 2.75) is 0 Å². The Morgan fingerprint density at radius 3 is 1.97 bits per heavy atom. The molecule has 4 aromatic carbocycles. The van der Waals surface area contributed by atoms with Crippen LogP contribution in [0.2, 0.25) is 15.1 Å². The molecular formula is C28H18Cl3N3O4S. The van der Waals surface area contributed by atoms with Crippen LogP contribution in [0.1, 0.15) is 26.3 Å². The van der Waals surface area contributed by atoms with Gasteiger partial charge >= 0.3 is 11.9 Å². The number of hydrogen-bond acceptors (Lipinski definition) is 6. The average Bonchev–Trinajstić information content (AvgIpc) is 2.90. The SMILES string of the molecule is O=C(Oc1ccc(/C=N/NC(=S)Nc2cccc(Cl)c2)c(OC(=O)c2ccc(Cl)cc2)c1)c1ccc(Cl)cc1. The van der Waals surface area contributed by atoms with Crippen LogP contribution in [-0.4, -0.2) is 23.3 Å². The van der Waals surface area contributed by atoms with E-state index in [0.29, 0.717) is 31.9 Å². The fourth-order valence-corrected chi connectivity index (χ4v) is 3.77. The van der Waals surface area contributed by atoms with E-state index < -0.39 is 11.9 Å². The number of carbonyl (C=O) groups excluding carboxylic acids is 2. The van der Waals surface area contributed by atoms with Crippen molar-refractivity contribution in [2.75, 3.05) is 5.32 Å². The number of hydrazone groups is 1. The molecular weight excluding hydrogens is 581 g/mol. The van der Waals surface area contributed by atoms with Gasteiger partial charge in [0.1, 0.15) is 11.5 Å². The lowest BCUT2D eigenvalue weighted by Gasteiger charge is -2.11. The second-order valence-electron chi connectivity index (χ2n) is 7.83. The highest BCUT2D eigenvalue weighted by molar-refractivity contribution is 7.80. The molecule has 0 bridgehead atoms. The first-order chi connectivity index (χ1) is 18.8. The Morgan fingerprint density at radius 1 is 0.744 bits per heavy atom. The largest absolute Gasteiger partial charge is 0.423 e. The van der Waals surface area contributed by atoms with E-state index in [1.54, 1.807) is 66.7 Å². The van der Waals surface area contributed by atoms with E-state index in [0.717, 1.165) is 0 Å². The monoisotopic (exact) mass is 597 g/mol. The van der Waals surface area contributed by atoms with Crippen LogP contribution in [0.25, 0.3) is 0 Å². The lowest BCUT2D eigenvalue weighted by atomic mass is 10.2.